The number of hydrogen-bond acceptors (Lipinski definition) is 2. The second-order valence-electron chi connectivity index (χ2n) is 6.07. The normalized spacial score (nSPS) is 19.6. The SMILES string of the molecule is C[C@H](CC(=S)N1CCOCC1)CC(C)(C)C. The summed E-state index contributed by atoms with van der Waals surface area (Å²) < 4.78 is 5.33. The summed E-state index contributed by atoms with van der Waals surface area (Å²) in [5, 5.41) is 0. The van der Waals surface area contributed by atoms with Gasteiger partial charge in [-0.05, 0) is 17.8 Å². The van der Waals surface area contributed by atoms with Crippen molar-refractivity contribution in [2.45, 2.75) is 40.5 Å². The van der Waals surface area contributed by atoms with Gasteiger partial charge < -0.3 is 9.64 Å². The number of hydrogen-bond donors (Lipinski definition) is 0. The largest absolute Gasteiger partial charge is 0.378 e. The fourth-order valence-corrected chi connectivity index (χ4v) is 2.82. The van der Waals surface area contributed by atoms with Gasteiger partial charge in [0.2, 0.25) is 0 Å². The van der Waals surface area contributed by atoms with Crippen LogP contribution in [0.15, 0.2) is 0 Å². The number of thiocarbonyl (C=S) groups is 1. The second-order valence-corrected chi connectivity index (χ2v) is 6.54. The molecule has 0 radical (unpaired) electrons. The number of nitrogens with zero attached hydrogens (tertiary/aromatic N) is 1. The fraction of sp³-hybridized carbons (Fsp3) is 0.923. The van der Waals surface area contributed by atoms with Crippen molar-refractivity contribution in [2.24, 2.45) is 11.3 Å². The van der Waals surface area contributed by atoms with Crippen LogP contribution in [0.25, 0.3) is 0 Å². The van der Waals surface area contributed by atoms with E-state index in [-0.39, 0.29) is 0 Å². The van der Waals surface area contributed by atoms with E-state index in [9.17, 15) is 0 Å². The molecule has 0 N–H and O–H groups in total. The van der Waals surface area contributed by atoms with Crippen LogP contribution in [0.5, 0.6) is 0 Å². The van der Waals surface area contributed by atoms with Crippen LogP contribution in [0.2, 0.25) is 0 Å². The van der Waals surface area contributed by atoms with Crippen molar-refractivity contribution < 1.29 is 4.74 Å². The van der Waals surface area contributed by atoms with Crippen molar-refractivity contribution in [2.75, 3.05) is 26.3 Å². The van der Waals surface area contributed by atoms with E-state index < -0.39 is 0 Å². The highest BCUT2D eigenvalue weighted by Gasteiger charge is 2.19. The molecule has 0 aromatic carbocycles. The van der Waals surface area contributed by atoms with E-state index in [0.717, 1.165) is 37.7 Å². The molecule has 0 spiro atoms. The predicted molar refractivity (Wildman–Crippen MR) is 72.8 cm³/mol. The maximum absolute atomic E-state index is 5.51. The third-order valence-corrected chi connectivity index (χ3v) is 3.27. The quantitative estimate of drug-likeness (QED) is 0.707. The Bertz CT molecular complexity index is 229. The van der Waals surface area contributed by atoms with Crippen LogP contribution < -0.4 is 0 Å². The molecule has 1 aliphatic heterocycles. The van der Waals surface area contributed by atoms with Gasteiger partial charge in [0.05, 0.1) is 18.2 Å². The maximum Gasteiger partial charge on any atom is 0.0783 e. The van der Waals surface area contributed by atoms with Gasteiger partial charge in [-0.15, -0.1) is 0 Å². The first kappa shape index (κ1) is 13.9. The Morgan fingerprint density at radius 2 is 1.88 bits per heavy atom. The van der Waals surface area contributed by atoms with Gasteiger partial charge in [-0.2, -0.15) is 0 Å². The number of ether oxygens (including phenoxy) is 1. The molecule has 0 saturated carbocycles. The van der Waals surface area contributed by atoms with Crippen LogP contribution in [-0.4, -0.2) is 36.2 Å². The van der Waals surface area contributed by atoms with Gasteiger partial charge in [0.25, 0.3) is 0 Å². The first-order valence-electron chi connectivity index (χ1n) is 6.24. The summed E-state index contributed by atoms with van der Waals surface area (Å²) >= 11 is 5.51. The Morgan fingerprint density at radius 1 is 1.31 bits per heavy atom. The Hall–Kier alpha value is -0.150. The molecular formula is C13H25NOS. The minimum Gasteiger partial charge on any atom is -0.378 e. The molecule has 0 bridgehead atoms. The Morgan fingerprint density at radius 3 is 2.38 bits per heavy atom. The first-order valence-corrected chi connectivity index (χ1v) is 6.65. The summed E-state index contributed by atoms with van der Waals surface area (Å²) in [4.78, 5) is 3.43. The van der Waals surface area contributed by atoms with Crippen molar-refractivity contribution in [1.29, 1.82) is 0 Å². The van der Waals surface area contributed by atoms with Crippen LogP contribution >= 0.6 is 12.2 Å². The minimum absolute atomic E-state index is 0.403. The van der Waals surface area contributed by atoms with Crippen LogP contribution in [0, 0.1) is 11.3 Å². The van der Waals surface area contributed by atoms with Gasteiger partial charge in [-0.25, -0.2) is 0 Å². The molecule has 1 fully saturated rings. The lowest BCUT2D eigenvalue weighted by Crippen LogP contribution is -2.40. The van der Waals surface area contributed by atoms with Gasteiger partial charge >= 0.3 is 0 Å². The predicted octanol–water partition coefficient (Wildman–Crippen LogP) is 3.11. The highest BCUT2D eigenvalue weighted by Crippen LogP contribution is 2.26. The van der Waals surface area contributed by atoms with Crippen molar-refractivity contribution >= 4 is 17.2 Å². The molecule has 16 heavy (non-hydrogen) atoms. The Labute approximate surface area is 105 Å². The smallest absolute Gasteiger partial charge is 0.0783 e. The molecule has 0 aliphatic carbocycles. The van der Waals surface area contributed by atoms with Gasteiger partial charge in [-0.3, -0.25) is 0 Å². The third kappa shape index (κ3) is 5.26. The zero-order chi connectivity index (χ0) is 12.2. The lowest BCUT2D eigenvalue weighted by molar-refractivity contribution is 0.0677. The topological polar surface area (TPSA) is 12.5 Å². The van der Waals surface area contributed by atoms with Gasteiger partial charge in [-0.1, -0.05) is 39.9 Å². The summed E-state index contributed by atoms with van der Waals surface area (Å²) in [6.45, 7) is 12.8. The lowest BCUT2D eigenvalue weighted by Gasteiger charge is -2.31. The van der Waals surface area contributed by atoms with Gasteiger partial charge in [0, 0.05) is 19.5 Å². The van der Waals surface area contributed by atoms with Crippen LogP contribution in [0.1, 0.15) is 40.5 Å². The van der Waals surface area contributed by atoms with Crippen molar-refractivity contribution in [1.82, 2.24) is 4.90 Å². The van der Waals surface area contributed by atoms with Crippen LogP contribution in [-0.2, 0) is 4.74 Å². The zero-order valence-electron chi connectivity index (χ0n) is 11.1. The summed E-state index contributed by atoms with van der Waals surface area (Å²) in [7, 11) is 0. The van der Waals surface area contributed by atoms with Gasteiger partial charge in [0.1, 0.15) is 0 Å². The molecule has 1 heterocycles. The molecule has 3 heteroatoms. The molecule has 2 nitrogen and oxygen atoms in total. The van der Waals surface area contributed by atoms with E-state index in [1.165, 1.54) is 6.42 Å². The minimum atomic E-state index is 0.403. The molecule has 0 amide bonds. The van der Waals surface area contributed by atoms with Crippen molar-refractivity contribution in [3.05, 3.63) is 0 Å². The molecule has 1 saturated heterocycles. The average Bonchev–Trinajstić information content (AvgIpc) is 2.16. The second kappa shape index (κ2) is 5.97. The summed E-state index contributed by atoms with van der Waals surface area (Å²) in [5.74, 6) is 0.676. The van der Waals surface area contributed by atoms with E-state index in [1.807, 2.05) is 0 Å². The average molecular weight is 243 g/mol. The maximum atomic E-state index is 5.51. The van der Waals surface area contributed by atoms with E-state index in [0.29, 0.717) is 11.3 Å². The molecule has 1 atom stereocenters. The van der Waals surface area contributed by atoms with E-state index in [4.69, 9.17) is 17.0 Å². The van der Waals surface area contributed by atoms with E-state index >= 15 is 0 Å². The van der Waals surface area contributed by atoms with E-state index in [2.05, 4.69) is 32.6 Å². The Balaban J connectivity index is 2.32. The molecule has 0 unspecified atom stereocenters. The number of morpholine rings is 1. The summed E-state index contributed by atoms with van der Waals surface area (Å²) in [6, 6.07) is 0. The lowest BCUT2D eigenvalue weighted by atomic mass is 9.84. The first-order chi connectivity index (χ1) is 7.38. The monoisotopic (exact) mass is 243 g/mol. The van der Waals surface area contributed by atoms with Crippen molar-refractivity contribution in [3.63, 3.8) is 0 Å². The molecular weight excluding hydrogens is 218 g/mol. The standard InChI is InChI=1S/C13H25NOS/c1-11(10-13(2,3)4)9-12(16)14-5-7-15-8-6-14/h11H,5-10H2,1-4H3/t11-/m1/s1. The molecule has 0 aromatic rings. The zero-order valence-corrected chi connectivity index (χ0v) is 11.9. The van der Waals surface area contributed by atoms with Crippen LogP contribution in [0.3, 0.4) is 0 Å². The summed E-state index contributed by atoms with van der Waals surface area (Å²) in [5.41, 5.74) is 0.403. The molecule has 1 aliphatic rings. The van der Waals surface area contributed by atoms with Gasteiger partial charge in [0.15, 0.2) is 0 Å². The third-order valence-electron chi connectivity index (χ3n) is 2.85. The fourth-order valence-electron chi connectivity index (χ4n) is 2.36. The van der Waals surface area contributed by atoms with Crippen LogP contribution in [0.4, 0.5) is 0 Å². The molecule has 1 rings (SSSR count). The number of rotatable bonds is 3. The highest BCUT2D eigenvalue weighted by molar-refractivity contribution is 7.80. The summed E-state index contributed by atoms with van der Waals surface area (Å²) in [6.07, 6.45) is 2.28. The van der Waals surface area contributed by atoms with E-state index in [1.54, 1.807) is 0 Å². The molecule has 0 aromatic heterocycles. The van der Waals surface area contributed by atoms with Crippen molar-refractivity contribution in [3.8, 4) is 0 Å². The highest BCUT2D eigenvalue weighted by atomic mass is 32.1. The molecule has 94 valence electrons. The Kier molecular flexibility index (Phi) is 5.19.